The molecule has 2 aromatic carbocycles. The van der Waals surface area contributed by atoms with Crippen molar-refractivity contribution in [2.45, 2.75) is 12.2 Å². The zero-order valence-electron chi connectivity index (χ0n) is 12.1. The summed E-state index contributed by atoms with van der Waals surface area (Å²) < 4.78 is 25.6. The Labute approximate surface area is 135 Å². The first kappa shape index (κ1) is 19.2. The third-order valence-corrected chi connectivity index (χ3v) is 2.87. The summed E-state index contributed by atoms with van der Waals surface area (Å²) in [6.45, 7) is 0. The maximum atomic E-state index is 12.8. The SMILES string of the molecule is O=C(O)[C@H](O)c1ccccc1F.O=C(O)[C@H](O)c1ccccc1F. The van der Waals surface area contributed by atoms with Gasteiger partial charge in [-0.25, -0.2) is 18.4 Å². The molecule has 0 saturated heterocycles. The standard InChI is InChI=1S/2C8H7FO3/c2*9-6-4-2-1-3-5(6)7(10)8(11)12/h2*1-4,7,10H,(H,11,12)/t2*7-/m11/s1. The number of carboxylic acids is 2. The Balaban J connectivity index is 0.000000240. The van der Waals surface area contributed by atoms with Crippen molar-refractivity contribution in [3.63, 3.8) is 0 Å². The van der Waals surface area contributed by atoms with E-state index in [0.717, 1.165) is 12.1 Å². The summed E-state index contributed by atoms with van der Waals surface area (Å²) in [4.78, 5) is 20.5. The number of carboxylic acid groups (broad SMARTS) is 2. The summed E-state index contributed by atoms with van der Waals surface area (Å²) in [5.74, 6) is -4.35. The Hall–Kier alpha value is -2.84. The average molecular weight is 340 g/mol. The minimum absolute atomic E-state index is 0.218. The Kier molecular flexibility index (Phi) is 6.97. The van der Waals surface area contributed by atoms with Crippen molar-refractivity contribution in [2.75, 3.05) is 0 Å². The van der Waals surface area contributed by atoms with Crippen molar-refractivity contribution in [1.82, 2.24) is 0 Å². The highest BCUT2D eigenvalue weighted by Crippen LogP contribution is 2.16. The van der Waals surface area contributed by atoms with Crippen LogP contribution >= 0.6 is 0 Å². The molecule has 0 amide bonds. The summed E-state index contributed by atoms with van der Waals surface area (Å²) in [6, 6.07) is 10.4. The second kappa shape index (κ2) is 8.70. The molecule has 24 heavy (non-hydrogen) atoms. The fourth-order valence-electron chi connectivity index (χ4n) is 1.66. The number of rotatable bonds is 4. The fourth-order valence-corrected chi connectivity index (χ4v) is 1.66. The molecule has 0 radical (unpaired) electrons. The lowest BCUT2D eigenvalue weighted by molar-refractivity contribution is -0.147. The smallest absolute Gasteiger partial charge is 0.337 e. The van der Waals surface area contributed by atoms with Gasteiger partial charge in [-0.1, -0.05) is 36.4 Å². The summed E-state index contributed by atoms with van der Waals surface area (Å²) in [7, 11) is 0. The van der Waals surface area contributed by atoms with Gasteiger partial charge in [0.2, 0.25) is 0 Å². The van der Waals surface area contributed by atoms with Gasteiger partial charge in [0.1, 0.15) is 11.6 Å². The van der Waals surface area contributed by atoms with Crippen LogP contribution in [0.5, 0.6) is 0 Å². The monoisotopic (exact) mass is 340 g/mol. The largest absolute Gasteiger partial charge is 0.479 e. The van der Waals surface area contributed by atoms with Gasteiger partial charge in [0.05, 0.1) is 0 Å². The van der Waals surface area contributed by atoms with Crippen LogP contribution in [0.3, 0.4) is 0 Å². The molecule has 8 heteroatoms. The number of aliphatic hydroxyl groups is 2. The van der Waals surface area contributed by atoms with E-state index >= 15 is 0 Å². The molecule has 0 aliphatic carbocycles. The number of aliphatic hydroxyl groups excluding tert-OH is 2. The topological polar surface area (TPSA) is 115 Å². The van der Waals surface area contributed by atoms with Gasteiger partial charge in [0.15, 0.2) is 12.2 Å². The van der Waals surface area contributed by atoms with E-state index in [1.54, 1.807) is 0 Å². The van der Waals surface area contributed by atoms with E-state index in [4.69, 9.17) is 20.4 Å². The quantitative estimate of drug-likeness (QED) is 0.676. The Morgan fingerprint density at radius 2 is 1.00 bits per heavy atom. The highest BCUT2D eigenvalue weighted by molar-refractivity contribution is 5.74. The lowest BCUT2D eigenvalue weighted by Crippen LogP contribution is -2.11. The maximum absolute atomic E-state index is 12.8. The number of halogens is 2. The molecule has 128 valence electrons. The van der Waals surface area contributed by atoms with Crippen molar-refractivity contribution in [1.29, 1.82) is 0 Å². The molecule has 0 aliphatic rings. The second-order valence-electron chi connectivity index (χ2n) is 4.52. The zero-order valence-corrected chi connectivity index (χ0v) is 12.1. The highest BCUT2D eigenvalue weighted by atomic mass is 19.1. The van der Waals surface area contributed by atoms with Crippen LogP contribution in [0, 0.1) is 11.6 Å². The van der Waals surface area contributed by atoms with E-state index in [-0.39, 0.29) is 11.1 Å². The molecule has 0 aliphatic heterocycles. The molecule has 2 atom stereocenters. The first-order valence-corrected chi connectivity index (χ1v) is 6.56. The van der Waals surface area contributed by atoms with Crippen LogP contribution in [0.4, 0.5) is 8.78 Å². The predicted octanol–water partition coefficient (Wildman–Crippen LogP) is 1.89. The number of hydrogen-bond acceptors (Lipinski definition) is 4. The molecule has 0 aromatic heterocycles. The number of carbonyl (C=O) groups is 2. The molecule has 4 N–H and O–H groups in total. The van der Waals surface area contributed by atoms with Gasteiger partial charge in [0, 0.05) is 11.1 Å². The van der Waals surface area contributed by atoms with E-state index in [0.29, 0.717) is 0 Å². The molecule has 0 heterocycles. The van der Waals surface area contributed by atoms with E-state index in [2.05, 4.69) is 0 Å². The molecular formula is C16H14F2O6. The fraction of sp³-hybridized carbons (Fsp3) is 0.125. The second-order valence-corrected chi connectivity index (χ2v) is 4.52. The number of hydrogen-bond donors (Lipinski definition) is 4. The molecule has 0 unspecified atom stereocenters. The van der Waals surface area contributed by atoms with Gasteiger partial charge in [-0.05, 0) is 12.1 Å². The third kappa shape index (κ3) is 5.11. The summed E-state index contributed by atoms with van der Waals surface area (Å²) in [6.07, 6.45) is -3.57. The van der Waals surface area contributed by atoms with Gasteiger partial charge >= 0.3 is 11.9 Å². The van der Waals surface area contributed by atoms with Crippen molar-refractivity contribution >= 4 is 11.9 Å². The average Bonchev–Trinajstić information content (AvgIpc) is 2.55. The van der Waals surface area contributed by atoms with Gasteiger partial charge in [0.25, 0.3) is 0 Å². The van der Waals surface area contributed by atoms with Crippen molar-refractivity contribution in [3.05, 3.63) is 71.3 Å². The van der Waals surface area contributed by atoms with Crippen LogP contribution < -0.4 is 0 Å². The molecule has 0 spiro atoms. The van der Waals surface area contributed by atoms with Gasteiger partial charge < -0.3 is 20.4 Å². The van der Waals surface area contributed by atoms with E-state index in [1.807, 2.05) is 0 Å². The Morgan fingerprint density at radius 1 is 0.708 bits per heavy atom. The molecule has 6 nitrogen and oxygen atoms in total. The van der Waals surface area contributed by atoms with Crippen molar-refractivity contribution in [3.8, 4) is 0 Å². The van der Waals surface area contributed by atoms with E-state index in [9.17, 15) is 18.4 Å². The molecular weight excluding hydrogens is 326 g/mol. The third-order valence-electron chi connectivity index (χ3n) is 2.87. The van der Waals surface area contributed by atoms with Crippen LogP contribution in [0.15, 0.2) is 48.5 Å². The molecule has 2 aromatic rings. The van der Waals surface area contributed by atoms with Crippen LogP contribution in [0.25, 0.3) is 0 Å². The number of benzene rings is 2. The minimum Gasteiger partial charge on any atom is -0.479 e. The predicted molar refractivity (Wildman–Crippen MR) is 78.0 cm³/mol. The summed E-state index contributed by atoms with van der Waals surface area (Å²) >= 11 is 0. The molecule has 0 fully saturated rings. The lowest BCUT2D eigenvalue weighted by Gasteiger charge is -2.05. The van der Waals surface area contributed by atoms with Crippen LogP contribution in [-0.4, -0.2) is 32.4 Å². The van der Waals surface area contributed by atoms with Crippen LogP contribution in [-0.2, 0) is 9.59 Å². The summed E-state index contributed by atoms with van der Waals surface area (Å²) in [5, 5.41) is 34.6. The van der Waals surface area contributed by atoms with Gasteiger partial charge in [-0.3, -0.25) is 0 Å². The minimum atomic E-state index is -1.79. The van der Waals surface area contributed by atoms with Crippen molar-refractivity contribution in [2.24, 2.45) is 0 Å². The normalized spacial score (nSPS) is 12.5. The lowest BCUT2D eigenvalue weighted by atomic mass is 10.1. The maximum Gasteiger partial charge on any atom is 0.337 e. The highest BCUT2D eigenvalue weighted by Gasteiger charge is 2.19. The van der Waals surface area contributed by atoms with E-state index in [1.165, 1.54) is 36.4 Å². The van der Waals surface area contributed by atoms with Crippen LogP contribution in [0.1, 0.15) is 23.3 Å². The van der Waals surface area contributed by atoms with Crippen molar-refractivity contribution < 1.29 is 38.8 Å². The number of aliphatic carboxylic acids is 2. The van der Waals surface area contributed by atoms with Crippen LogP contribution in [0.2, 0.25) is 0 Å². The zero-order chi connectivity index (χ0) is 18.3. The van der Waals surface area contributed by atoms with Gasteiger partial charge in [-0.15, -0.1) is 0 Å². The van der Waals surface area contributed by atoms with E-state index < -0.39 is 35.8 Å². The Bertz CT molecular complexity index is 658. The van der Waals surface area contributed by atoms with Gasteiger partial charge in [-0.2, -0.15) is 0 Å². The first-order chi connectivity index (χ1) is 11.3. The summed E-state index contributed by atoms with van der Waals surface area (Å²) in [5.41, 5.74) is -0.435. The molecule has 0 bridgehead atoms. The first-order valence-electron chi connectivity index (χ1n) is 6.56. The molecule has 0 saturated carbocycles. The Morgan fingerprint density at radius 3 is 1.25 bits per heavy atom. The molecule has 2 rings (SSSR count).